The van der Waals surface area contributed by atoms with E-state index >= 15 is 0 Å². The fourth-order valence-corrected chi connectivity index (χ4v) is 5.44. The summed E-state index contributed by atoms with van der Waals surface area (Å²) in [5.41, 5.74) is 8.61. The maximum Gasteiger partial charge on any atom is 4.00 e. The molecule has 0 bridgehead atoms. The maximum absolute atomic E-state index is 3.60. The summed E-state index contributed by atoms with van der Waals surface area (Å²) in [6.07, 6.45) is 11.9. The quantitative estimate of drug-likeness (QED) is 0.234. The maximum atomic E-state index is 3.60. The Morgan fingerprint density at radius 3 is 2.56 bits per heavy atom. The summed E-state index contributed by atoms with van der Waals surface area (Å²) in [7, 11) is 0. The van der Waals surface area contributed by atoms with Gasteiger partial charge in [-0.25, -0.2) is 0 Å². The van der Waals surface area contributed by atoms with E-state index in [2.05, 4.69) is 91.9 Å². The Balaban J connectivity index is 0.00000102. The number of fused-ring (bicyclic) bond motifs is 8. The van der Waals surface area contributed by atoms with E-state index in [9.17, 15) is 0 Å². The first kappa shape index (κ1) is 28.6. The van der Waals surface area contributed by atoms with Gasteiger partial charge in [0.05, 0.1) is 0 Å². The van der Waals surface area contributed by atoms with Crippen LogP contribution in [0, 0.1) is 13.5 Å². The third kappa shape index (κ3) is 4.60. The number of benzene rings is 4. The van der Waals surface area contributed by atoms with E-state index in [0.717, 1.165) is 6.42 Å². The smallest absolute Gasteiger partial charge is 1.00 e. The molecule has 0 saturated heterocycles. The Kier molecular flexibility index (Phi) is 9.96. The van der Waals surface area contributed by atoms with Crippen LogP contribution in [0.2, 0.25) is 0 Å². The number of halogens is 2. The Labute approximate surface area is 235 Å². The first-order chi connectivity index (χ1) is 14.8. The average molecular weight is 563 g/mol. The van der Waals surface area contributed by atoms with Gasteiger partial charge in [-0.15, -0.1) is 40.6 Å². The minimum atomic E-state index is 0. The van der Waals surface area contributed by atoms with Crippen molar-refractivity contribution in [2.24, 2.45) is 0 Å². The van der Waals surface area contributed by atoms with Crippen LogP contribution in [0.25, 0.3) is 32.7 Å². The molecule has 3 heteroatoms. The van der Waals surface area contributed by atoms with Crippen LogP contribution in [0.15, 0.2) is 84.5 Å². The molecule has 4 aromatic rings. The molecule has 1 atom stereocenters. The monoisotopic (exact) mass is 560 g/mol. The van der Waals surface area contributed by atoms with Crippen molar-refractivity contribution in [3.63, 3.8) is 0 Å². The van der Waals surface area contributed by atoms with E-state index in [4.69, 9.17) is 0 Å². The van der Waals surface area contributed by atoms with Crippen molar-refractivity contribution >= 4 is 21.5 Å². The van der Waals surface area contributed by atoms with Crippen molar-refractivity contribution in [2.45, 2.75) is 38.5 Å². The van der Waals surface area contributed by atoms with Gasteiger partial charge in [-0.2, -0.15) is 0 Å². The van der Waals surface area contributed by atoms with Gasteiger partial charge in [-0.05, 0) is 52.3 Å². The van der Waals surface area contributed by atoms with Gasteiger partial charge in [0.25, 0.3) is 0 Å². The van der Waals surface area contributed by atoms with E-state index < -0.39 is 0 Å². The minimum absolute atomic E-state index is 0. The third-order valence-electron chi connectivity index (χ3n) is 6.84. The molecule has 0 radical (unpaired) electrons. The molecule has 0 aliphatic heterocycles. The molecular formula is C31H28Cl2Zr. The molecule has 34 heavy (non-hydrogen) atoms. The predicted molar refractivity (Wildman–Crippen MR) is 134 cm³/mol. The molecule has 6 rings (SSSR count). The molecule has 1 unspecified atom stereocenters. The minimum Gasteiger partial charge on any atom is -1.00 e. The van der Waals surface area contributed by atoms with Crippen LogP contribution in [-0.4, -0.2) is 0 Å². The van der Waals surface area contributed by atoms with Gasteiger partial charge in [-0.1, -0.05) is 79.6 Å². The van der Waals surface area contributed by atoms with Crippen LogP contribution in [0.5, 0.6) is 0 Å². The summed E-state index contributed by atoms with van der Waals surface area (Å²) in [5, 5.41) is 5.44. The molecule has 0 saturated carbocycles. The van der Waals surface area contributed by atoms with Gasteiger partial charge >= 0.3 is 26.2 Å². The number of unbranched alkanes of at least 4 members (excludes halogenated alkanes) is 1. The normalized spacial score (nSPS) is 14.9. The Hall–Kier alpha value is -1.66. The van der Waals surface area contributed by atoms with Crippen LogP contribution in [-0.2, 0) is 32.6 Å². The average Bonchev–Trinajstić information content (AvgIpc) is 3.42. The molecular weight excluding hydrogens is 534 g/mol. The molecule has 0 amide bonds. The Bertz CT molecular complexity index is 1370. The molecule has 2 aliphatic carbocycles. The van der Waals surface area contributed by atoms with Crippen LogP contribution in [0.3, 0.4) is 0 Å². The van der Waals surface area contributed by atoms with Crippen LogP contribution in [0.1, 0.15) is 48.8 Å². The fourth-order valence-electron chi connectivity index (χ4n) is 5.44. The van der Waals surface area contributed by atoms with Gasteiger partial charge in [-0.3, -0.25) is 0 Å². The van der Waals surface area contributed by atoms with Crippen LogP contribution < -0.4 is 24.8 Å². The molecule has 0 nitrogen and oxygen atoms in total. The molecule has 170 valence electrons. The zero-order chi connectivity index (χ0) is 20.1. The number of hydrogen-bond acceptors (Lipinski definition) is 0. The van der Waals surface area contributed by atoms with Crippen molar-refractivity contribution in [1.29, 1.82) is 0 Å². The van der Waals surface area contributed by atoms with E-state index in [0.29, 0.717) is 5.92 Å². The molecule has 0 fully saturated rings. The SMILES string of the molecule is CCCCC1=CC(c2cccc3c4c(c5[c-]cccc5c23)Cc2ccccc2-4)C=C1.[CH3-].[Cl-].[Cl-].[Zr+4]. The molecule has 0 aromatic heterocycles. The first-order valence-electron chi connectivity index (χ1n) is 11.2. The third-order valence-corrected chi connectivity index (χ3v) is 6.84. The van der Waals surface area contributed by atoms with Gasteiger partial charge in [0, 0.05) is 5.92 Å². The number of hydrogen-bond donors (Lipinski definition) is 0. The second kappa shape index (κ2) is 11.9. The standard InChI is InChI=1S/C30H25.CH3.2ClH.Zr/c1-2-3-9-20-16-17-22(18-20)24-14-8-15-27-29(24)26-13-7-6-12-25(26)28-19-21-10-4-5-11-23(21)30(27)28;;;;/h4-8,10-11,13-18,22H,2-3,9,19H2,1H3;1H3;2*1H;/q2*-1;;;+4/p-2. The zero-order valence-electron chi connectivity index (χ0n) is 19.7. The molecule has 0 heterocycles. The summed E-state index contributed by atoms with van der Waals surface area (Å²) in [6.45, 7) is 2.27. The predicted octanol–water partition coefficient (Wildman–Crippen LogP) is 2.59. The van der Waals surface area contributed by atoms with Crippen molar-refractivity contribution in [3.8, 4) is 11.1 Å². The Morgan fingerprint density at radius 2 is 1.74 bits per heavy atom. The molecule has 0 spiro atoms. The topological polar surface area (TPSA) is 0 Å². The summed E-state index contributed by atoms with van der Waals surface area (Å²) in [6, 6.07) is 25.9. The van der Waals surface area contributed by atoms with Crippen LogP contribution in [0.4, 0.5) is 0 Å². The summed E-state index contributed by atoms with van der Waals surface area (Å²) in [5.74, 6) is 0.360. The Morgan fingerprint density at radius 1 is 0.941 bits per heavy atom. The number of allylic oxidation sites excluding steroid dienone is 4. The van der Waals surface area contributed by atoms with Crippen molar-refractivity contribution in [2.75, 3.05) is 0 Å². The second-order valence-corrected chi connectivity index (χ2v) is 8.65. The first-order valence-corrected chi connectivity index (χ1v) is 11.2. The summed E-state index contributed by atoms with van der Waals surface area (Å²) >= 11 is 0. The van der Waals surface area contributed by atoms with E-state index in [1.165, 1.54) is 74.2 Å². The fraction of sp³-hybridized carbons (Fsp3) is 0.194. The van der Waals surface area contributed by atoms with E-state index in [1.807, 2.05) is 0 Å². The summed E-state index contributed by atoms with van der Waals surface area (Å²) in [4.78, 5) is 0. The van der Waals surface area contributed by atoms with Crippen molar-refractivity contribution in [1.82, 2.24) is 0 Å². The van der Waals surface area contributed by atoms with Crippen molar-refractivity contribution < 1.29 is 51.0 Å². The second-order valence-electron chi connectivity index (χ2n) is 8.65. The molecule has 4 aromatic carbocycles. The van der Waals surface area contributed by atoms with Gasteiger partial charge < -0.3 is 32.2 Å². The zero-order valence-corrected chi connectivity index (χ0v) is 23.6. The van der Waals surface area contributed by atoms with Gasteiger partial charge in [0.1, 0.15) is 0 Å². The van der Waals surface area contributed by atoms with E-state index in [-0.39, 0.29) is 58.4 Å². The van der Waals surface area contributed by atoms with Gasteiger partial charge in [0.15, 0.2) is 0 Å². The largest absolute Gasteiger partial charge is 4.00 e. The number of rotatable bonds is 4. The van der Waals surface area contributed by atoms with Gasteiger partial charge in [0.2, 0.25) is 0 Å². The summed E-state index contributed by atoms with van der Waals surface area (Å²) < 4.78 is 0. The molecule has 2 aliphatic rings. The van der Waals surface area contributed by atoms with E-state index in [1.54, 1.807) is 0 Å². The molecule has 0 N–H and O–H groups in total. The van der Waals surface area contributed by atoms with Crippen molar-refractivity contribution in [3.05, 3.63) is 115 Å². The van der Waals surface area contributed by atoms with Crippen LogP contribution >= 0.6 is 0 Å².